The van der Waals surface area contributed by atoms with Crippen LogP contribution in [0.3, 0.4) is 0 Å². The summed E-state index contributed by atoms with van der Waals surface area (Å²) in [7, 11) is 0. The van der Waals surface area contributed by atoms with Gasteiger partial charge in [0.25, 0.3) is 0 Å². The van der Waals surface area contributed by atoms with Gasteiger partial charge < -0.3 is 0 Å². The SMILES string of the molecule is CCCC#CCC=C(C)C. The van der Waals surface area contributed by atoms with Gasteiger partial charge in [-0.05, 0) is 20.3 Å². The van der Waals surface area contributed by atoms with Gasteiger partial charge in [-0.15, -0.1) is 5.92 Å². The molecule has 0 aliphatic rings. The maximum Gasteiger partial charge on any atom is 0.0272 e. The largest absolute Gasteiger partial charge is 0.103 e. The van der Waals surface area contributed by atoms with E-state index in [0.717, 1.165) is 12.8 Å². The summed E-state index contributed by atoms with van der Waals surface area (Å²) in [6, 6.07) is 0. The maximum absolute atomic E-state index is 3.10. The van der Waals surface area contributed by atoms with E-state index in [2.05, 4.69) is 38.7 Å². The van der Waals surface area contributed by atoms with Crippen molar-refractivity contribution < 1.29 is 0 Å². The fourth-order valence-electron chi connectivity index (χ4n) is 0.541. The molecule has 0 heterocycles. The molecule has 0 aliphatic carbocycles. The molecule has 0 amide bonds. The van der Waals surface area contributed by atoms with Crippen molar-refractivity contribution >= 4 is 0 Å². The Bertz CT molecular complexity index is 149. The van der Waals surface area contributed by atoms with E-state index in [4.69, 9.17) is 0 Å². The lowest BCUT2D eigenvalue weighted by Crippen LogP contribution is -1.65. The van der Waals surface area contributed by atoms with E-state index < -0.39 is 0 Å². The third kappa shape index (κ3) is 7.30. The van der Waals surface area contributed by atoms with Gasteiger partial charge in [0.15, 0.2) is 0 Å². The summed E-state index contributed by atoms with van der Waals surface area (Å²) < 4.78 is 0. The van der Waals surface area contributed by atoms with E-state index in [1.54, 1.807) is 0 Å². The van der Waals surface area contributed by atoms with Crippen molar-refractivity contribution in [1.82, 2.24) is 0 Å². The zero-order valence-corrected chi connectivity index (χ0v) is 7.20. The minimum atomic E-state index is 0.919. The average molecular weight is 136 g/mol. The third-order valence-corrected chi connectivity index (χ3v) is 1.11. The zero-order chi connectivity index (χ0) is 7.82. The van der Waals surface area contributed by atoms with Crippen molar-refractivity contribution in [1.29, 1.82) is 0 Å². The molecule has 0 aromatic carbocycles. The van der Waals surface area contributed by atoms with Crippen LogP contribution in [0, 0.1) is 11.8 Å². The average Bonchev–Trinajstić information content (AvgIpc) is 1.87. The number of allylic oxidation sites excluding steroid dienone is 2. The van der Waals surface area contributed by atoms with Crippen molar-refractivity contribution in [2.45, 2.75) is 40.0 Å². The summed E-state index contributed by atoms with van der Waals surface area (Å²) in [5.41, 5.74) is 1.35. The lowest BCUT2D eigenvalue weighted by molar-refractivity contribution is 0.982. The summed E-state index contributed by atoms with van der Waals surface area (Å²) >= 11 is 0. The van der Waals surface area contributed by atoms with Crippen LogP contribution in [0.5, 0.6) is 0 Å². The molecule has 0 aromatic heterocycles. The van der Waals surface area contributed by atoms with Crippen LogP contribution >= 0.6 is 0 Å². The van der Waals surface area contributed by atoms with Crippen LogP contribution in [0.1, 0.15) is 40.0 Å². The first kappa shape index (κ1) is 9.30. The first-order valence-corrected chi connectivity index (χ1v) is 3.86. The van der Waals surface area contributed by atoms with Crippen molar-refractivity contribution in [3.05, 3.63) is 11.6 Å². The molecule has 56 valence electrons. The smallest absolute Gasteiger partial charge is 0.0272 e. The Morgan fingerprint density at radius 2 is 2.00 bits per heavy atom. The van der Waals surface area contributed by atoms with Gasteiger partial charge in [-0.3, -0.25) is 0 Å². The molecule has 0 fully saturated rings. The molecule has 0 radical (unpaired) electrons. The third-order valence-electron chi connectivity index (χ3n) is 1.11. The summed E-state index contributed by atoms with van der Waals surface area (Å²) in [5, 5.41) is 0. The van der Waals surface area contributed by atoms with Gasteiger partial charge in [0.2, 0.25) is 0 Å². The molecule has 0 unspecified atom stereocenters. The second-order valence-electron chi connectivity index (χ2n) is 2.59. The maximum atomic E-state index is 3.10. The first-order chi connectivity index (χ1) is 4.77. The van der Waals surface area contributed by atoms with Crippen LogP contribution in [-0.4, -0.2) is 0 Å². The van der Waals surface area contributed by atoms with E-state index in [1.165, 1.54) is 12.0 Å². The first-order valence-electron chi connectivity index (χ1n) is 3.86. The molecule has 10 heavy (non-hydrogen) atoms. The highest BCUT2D eigenvalue weighted by atomic mass is 13.8. The Morgan fingerprint density at radius 1 is 1.30 bits per heavy atom. The van der Waals surface area contributed by atoms with Gasteiger partial charge in [-0.25, -0.2) is 0 Å². The molecule has 0 bridgehead atoms. The monoisotopic (exact) mass is 136 g/mol. The molecule has 0 aromatic rings. The van der Waals surface area contributed by atoms with Crippen molar-refractivity contribution in [3.8, 4) is 11.8 Å². The van der Waals surface area contributed by atoms with Gasteiger partial charge in [-0.2, -0.15) is 0 Å². The molecule has 0 saturated carbocycles. The minimum absolute atomic E-state index is 0.919. The van der Waals surface area contributed by atoms with Crippen LogP contribution in [0.2, 0.25) is 0 Å². The Morgan fingerprint density at radius 3 is 2.50 bits per heavy atom. The molecular weight excluding hydrogens is 120 g/mol. The minimum Gasteiger partial charge on any atom is -0.103 e. The zero-order valence-electron chi connectivity index (χ0n) is 7.20. The van der Waals surface area contributed by atoms with E-state index >= 15 is 0 Å². The normalized spacial score (nSPS) is 7.90. The molecule has 0 aliphatic heterocycles. The van der Waals surface area contributed by atoms with Gasteiger partial charge in [-0.1, -0.05) is 24.5 Å². The summed E-state index contributed by atoms with van der Waals surface area (Å²) in [6.07, 6.45) is 5.28. The van der Waals surface area contributed by atoms with E-state index in [0.29, 0.717) is 0 Å². The van der Waals surface area contributed by atoms with E-state index in [1.807, 2.05) is 0 Å². The summed E-state index contributed by atoms with van der Waals surface area (Å²) in [5.74, 6) is 6.19. The quantitative estimate of drug-likeness (QED) is 0.404. The molecule has 0 atom stereocenters. The van der Waals surface area contributed by atoms with Crippen LogP contribution in [0.25, 0.3) is 0 Å². The van der Waals surface area contributed by atoms with Crippen LogP contribution in [0.4, 0.5) is 0 Å². The molecule has 0 heteroatoms. The Kier molecular flexibility index (Phi) is 5.97. The molecule has 0 saturated heterocycles. The highest BCUT2D eigenvalue weighted by Crippen LogP contribution is 1.91. The predicted molar refractivity (Wildman–Crippen MR) is 46.7 cm³/mol. The summed E-state index contributed by atoms with van der Waals surface area (Å²) in [4.78, 5) is 0. The van der Waals surface area contributed by atoms with Crippen molar-refractivity contribution in [2.75, 3.05) is 0 Å². The number of hydrogen-bond acceptors (Lipinski definition) is 0. The Hall–Kier alpha value is -0.700. The molecular formula is C10H16. The Balaban J connectivity index is 3.37. The van der Waals surface area contributed by atoms with E-state index in [-0.39, 0.29) is 0 Å². The van der Waals surface area contributed by atoms with Gasteiger partial charge >= 0.3 is 0 Å². The van der Waals surface area contributed by atoms with E-state index in [9.17, 15) is 0 Å². The number of rotatable bonds is 2. The fraction of sp³-hybridized carbons (Fsp3) is 0.600. The molecule has 0 nitrogen and oxygen atoms in total. The van der Waals surface area contributed by atoms with Crippen LogP contribution < -0.4 is 0 Å². The predicted octanol–water partition coefficient (Wildman–Crippen LogP) is 3.15. The second kappa shape index (κ2) is 6.42. The van der Waals surface area contributed by atoms with Gasteiger partial charge in [0.1, 0.15) is 0 Å². The van der Waals surface area contributed by atoms with Crippen molar-refractivity contribution in [3.63, 3.8) is 0 Å². The second-order valence-corrected chi connectivity index (χ2v) is 2.59. The van der Waals surface area contributed by atoms with Gasteiger partial charge in [0.05, 0.1) is 0 Å². The van der Waals surface area contributed by atoms with Crippen LogP contribution in [0.15, 0.2) is 11.6 Å². The standard InChI is InChI=1S/C10H16/c1-4-5-6-7-8-9-10(2)3/h9H,4-5,8H2,1-3H3. The summed E-state index contributed by atoms with van der Waals surface area (Å²) in [6.45, 7) is 6.35. The highest BCUT2D eigenvalue weighted by molar-refractivity contribution is 5.07. The van der Waals surface area contributed by atoms with Crippen molar-refractivity contribution in [2.24, 2.45) is 0 Å². The highest BCUT2D eigenvalue weighted by Gasteiger charge is 1.73. The lowest BCUT2D eigenvalue weighted by Gasteiger charge is -1.82. The molecule has 0 N–H and O–H groups in total. The van der Waals surface area contributed by atoms with Crippen LogP contribution in [-0.2, 0) is 0 Å². The topological polar surface area (TPSA) is 0 Å². The Labute approximate surface area is 64.3 Å². The molecule has 0 rings (SSSR count). The fourth-order valence-corrected chi connectivity index (χ4v) is 0.541. The van der Waals surface area contributed by atoms with Gasteiger partial charge in [0, 0.05) is 12.8 Å². The number of unbranched alkanes of at least 4 members (excludes halogenated alkanes) is 1. The number of hydrogen-bond donors (Lipinski definition) is 0. The lowest BCUT2D eigenvalue weighted by atomic mass is 10.2. The molecule has 0 spiro atoms.